The number of hydrazone groups is 1. The van der Waals surface area contributed by atoms with Gasteiger partial charge in [0.05, 0.1) is 6.42 Å². The lowest BCUT2D eigenvalue weighted by Gasteiger charge is -2.06. The van der Waals surface area contributed by atoms with E-state index in [1.807, 2.05) is 18.2 Å². The van der Waals surface area contributed by atoms with Crippen LogP contribution >= 0.6 is 22.6 Å². The molecular weight excluding hydrogens is 421 g/mol. The molecule has 0 saturated carbocycles. The average molecular weight is 437 g/mol. The van der Waals surface area contributed by atoms with Gasteiger partial charge in [-0.05, 0) is 65.9 Å². The van der Waals surface area contributed by atoms with Crippen LogP contribution in [0, 0.1) is 3.57 Å². The van der Waals surface area contributed by atoms with E-state index >= 15 is 0 Å². The van der Waals surface area contributed by atoms with Gasteiger partial charge in [-0.1, -0.05) is 12.1 Å². The normalized spacial score (nSPS) is 11.0. The van der Waals surface area contributed by atoms with Gasteiger partial charge in [-0.25, -0.2) is 5.43 Å². The molecule has 0 aliphatic heterocycles. The van der Waals surface area contributed by atoms with E-state index in [-0.39, 0.29) is 23.6 Å². The summed E-state index contributed by atoms with van der Waals surface area (Å²) in [6.45, 7) is 1.65. The summed E-state index contributed by atoms with van der Waals surface area (Å²) in [6.07, 6.45) is 0.0613. The van der Waals surface area contributed by atoms with Crippen molar-refractivity contribution in [2.75, 3.05) is 5.32 Å². The van der Waals surface area contributed by atoms with Crippen LogP contribution in [0.3, 0.4) is 0 Å². The van der Waals surface area contributed by atoms with E-state index in [4.69, 9.17) is 0 Å². The second-order valence-corrected chi connectivity index (χ2v) is 6.32. The smallest absolute Gasteiger partial charge is 0.271 e. The van der Waals surface area contributed by atoms with Crippen LogP contribution in [0.1, 0.15) is 23.7 Å². The Bertz CT molecular complexity index is 790. The van der Waals surface area contributed by atoms with Crippen LogP contribution in [0.4, 0.5) is 5.69 Å². The molecule has 2 rings (SSSR count). The van der Waals surface area contributed by atoms with Gasteiger partial charge in [0.1, 0.15) is 5.75 Å². The highest BCUT2D eigenvalue weighted by molar-refractivity contribution is 14.1. The van der Waals surface area contributed by atoms with Crippen LogP contribution in [-0.2, 0) is 4.79 Å². The van der Waals surface area contributed by atoms with Gasteiger partial charge < -0.3 is 10.4 Å². The zero-order valence-corrected chi connectivity index (χ0v) is 15.1. The minimum atomic E-state index is -0.455. The van der Waals surface area contributed by atoms with E-state index in [0.717, 1.165) is 3.57 Å². The summed E-state index contributed by atoms with van der Waals surface area (Å²) in [4.78, 5) is 23.8. The first-order chi connectivity index (χ1) is 11.4. The summed E-state index contributed by atoms with van der Waals surface area (Å²) in [6, 6.07) is 13.4. The molecule has 7 heteroatoms. The molecule has 0 unspecified atom stereocenters. The third kappa shape index (κ3) is 5.65. The molecule has 124 valence electrons. The van der Waals surface area contributed by atoms with E-state index in [2.05, 4.69) is 38.4 Å². The molecule has 2 aromatic carbocycles. The van der Waals surface area contributed by atoms with E-state index in [0.29, 0.717) is 11.4 Å². The number of nitrogens with one attached hydrogen (secondary N) is 2. The number of phenolic OH excluding ortho intramolecular Hbond substituents is 1. The maximum Gasteiger partial charge on any atom is 0.271 e. The zero-order valence-electron chi connectivity index (χ0n) is 12.9. The molecule has 2 aromatic rings. The number of carbonyl (C=O) groups excluding carboxylic acids is 2. The Labute approximate surface area is 153 Å². The van der Waals surface area contributed by atoms with Crippen LogP contribution in [0.2, 0.25) is 0 Å². The molecule has 0 aliphatic rings. The maximum absolute atomic E-state index is 12.0. The van der Waals surface area contributed by atoms with Crippen molar-refractivity contribution < 1.29 is 14.7 Å². The van der Waals surface area contributed by atoms with E-state index in [9.17, 15) is 14.7 Å². The van der Waals surface area contributed by atoms with Gasteiger partial charge >= 0.3 is 0 Å². The number of aromatic hydroxyl groups is 1. The third-order valence-corrected chi connectivity index (χ3v) is 3.65. The van der Waals surface area contributed by atoms with E-state index in [1.165, 1.54) is 12.1 Å². The van der Waals surface area contributed by atoms with Crippen molar-refractivity contribution in [1.29, 1.82) is 0 Å². The minimum absolute atomic E-state index is 0.000206. The number of amides is 2. The molecule has 0 fully saturated rings. The molecule has 24 heavy (non-hydrogen) atoms. The van der Waals surface area contributed by atoms with E-state index in [1.54, 1.807) is 25.1 Å². The SMILES string of the molecule is C/C(CC(=O)Nc1cccc(I)c1)=N/NC(=O)c1cccc(O)c1. The maximum atomic E-state index is 12.0. The summed E-state index contributed by atoms with van der Waals surface area (Å²) in [5.74, 6) is -0.673. The fraction of sp³-hybridized carbons (Fsp3) is 0.118. The van der Waals surface area contributed by atoms with Crippen molar-refractivity contribution in [1.82, 2.24) is 5.43 Å². The lowest BCUT2D eigenvalue weighted by molar-refractivity contribution is -0.115. The highest BCUT2D eigenvalue weighted by Crippen LogP contribution is 2.13. The Morgan fingerprint density at radius 3 is 2.62 bits per heavy atom. The van der Waals surface area contributed by atoms with E-state index < -0.39 is 5.91 Å². The number of rotatable bonds is 5. The largest absolute Gasteiger partial charge is 0.508 e. The van der Waals surface area contributed by atoms with Crippen molar-refractivity contribution in [2.45, 2.75) is 13.3 Å². The van der Waals surface area contributed by atoms with Crippen LogP contribution in [0.15, 0.2) is 53.6 Å². The standard InChI is InChI=1S/C17H16IN3O3/c1-11(8-16(23)19-14-6-3-5-13(18)10-14)20-21-17(24)12-4-2-7-15(22)9-12/h2-7,9-10,22H,8H2,1H3,(H,19,23)(H,21,24)/b20-11-. The first kappa shape index (κ1) is 17.9. The van der Waals surface area contributed by atoms with Crippen LogP contribution in [-0.4, -0.2) is 22.6 Å². The van der Waals surface area contributed by atoms with Gasteiger partial charge in [-0.15, -0.1) is 0 Å². The molecule has 0 radical (unpaired) electrons. The third-order valence-electron chi connectivity index (χ3n) is 2.98. The number of halogens is 1. The molecule has 2 amide bonds. The lowest BCUT2D eigenvalue weighted by atomic mass is 10.2. The van der Waals surface area contributed by atoms with Crippen LogP contribution in [0.25, 0.3) is 0 Å². The van der Waals surface area contributed by atoms with Gasteiger partial charge in [0, 0.05) is 20.5 Å². The van der Waals surface area contributed by atoms with Crippen molar-refractivity contribution in [3.05, 3.63) is 57.7 Å². The molecule has 0 bridgehead atoms. The number of anilines is 1. The Morgan fingerprint density at radius 1 is 1.17 bits per heavy atom. The number of benzene rings is 2. The van der Waals surface area contributed by atoms with Crippen molar-refractivity contribution in [3.8, 4) is 5.75 Å². The number of hydrogen-bond acceptors (Lipinski definition) is 4. The second kappa shape index (κ2) is 8.44. The summed E-state index contributed by atoms with van der Waals surface area (Å²) >= 11 is 2.17. The Balaban J connectivity index is 1.89. The topological polar surface area (TPSA) is 90.8 Å². The second-order valence-electron chi connectivity index (χ2n) is 5.07. The molecular formula is C17H16IN3O3. The Kier molecular flexibility index (Phi) is 6.30. The molecule has 0 saturated heterocycles. The van der Waals surface area contributed by atoms with Gasteiger partial charge in [0.15, 0.2) is 0 Å². The van der Waals surface area contributed by atoms with Crippen molar-refractivity contribution in [2.24, 2.45) is 5.10 Å². The van der Waals surface area contributed by atoms with Gasteiger partial charge in [-0.2, -0.15) is 5.10 Å². The number of hydrogen-bond donors (Lipinski definition) is 3. The van der Waals surface area contributed by atoms with Crippen LogP contribution in [0.5, 0.6) is 5.75 Å². The van der Waals surface area contributed by atoms with Crippen LogP contribution < -0.4 is 10.7 Å². The number of phenols is 1. The first-order valence-electron chi connectivity index (χ1n) is 7.12. The summed E-state index contributed by atoms with van der Waals surface area (Å²) in [5, 5.41) is 16.0. The predicted molar refractivity (Wildman–Crippen MR) is 101 cm³/mol. The van der Waals surface area contributed by atoms with Gasteiger partial charge in [0.25, 0.3) is 5.91 Å². The first-order valence-corrected chi connectivity index (χ1v) is 8.20. The molecule has 0 atom stereocenters. The Hall–Kier alpha value is -2.42. The number of nitrogens with zero attached hydrogens (tertiary/aromatic N) is 1. The van der Waals surface area contributed by atoms with Crippen molar-refractivity contribution >= 4 is 45.8 Å². The molecule has 0 heterocycles. The summed E-state index contributed by atoms with van der Waals surface area (Å²) in [5.41, 5.74) is 3.82. The van der Waals surface area contributed by atoms with Crippen molar-refractivity contribution in [3.63, 3.8) is 0 Å². The number of carbonyl (C=O) groups is 2. The predicted octanol–water partition coefficient (Wildman–Crippen LogP) is 3.13. The minimum Gasteiger partial charge on any atom is -0.508 e. The molecule has 3 N–H and O–H groups in total. The molecule has 0 aromatic heterocycles. The lowest BCUT2D eigenvalue weighted by Crippen LogP contribution is -2.21. The summed E-state index contributed by atoms with van der Waals surface area (Å²) in [7, 11) is 0. The zero-order chi connectivity index (χ0) is 17.5. The molecule has 0 aliphatic carbocycles. The summed E-state index contributed by atoms with van der Waals surface area (Å²) < 4.78 is 1.02. The monoisotopic (exact) mass is 437 g/mol. The fourth-order valence-corrected chi connectivity index (χ4v) is 2.44. The van der Waals surface area contributed by atoms with Gasteiger partial charge in [0.2, 0.25) is 5.91 Å². The highest BCUT2D eigenvalue weighted by Gasteiger charge is 2.07. The fourth-order valence-electron chi connectivity index (χ4n) is 1.90. The quantitative estimate of drug-likeness (QED) is 0.382. The Morgan fingerprint density at radius 2 is 1.92 bits per heavy atom. The highest BCUT2D eigenvalue weighted by atomic mass is 127. The van der Waals surface area contributed by atoms with Gasteiger partial charge in [-0.3, -0.25) is 9.59 Å². The molecule has 0 spiro atoms. The average Bonchev–Trinajstić information content (AvgIpc) is 2.52. The molecule has 6 nitrogen and oxygen atoms in total.